The highest BCUT2D eigenvalue weighted by Gasteiger charge is 2.39. The molecule has 0 aliphatic heterocycles. The average Bonchev–Trinajstić information content (AvgIpc) is 2.12. The molecule has 0 bridgehead atoms. The summed E-state index contributed by atoms with van der Waals surface area (Å²) in [7, 11) is -3.69. The van der Waals surface area contributed by atoms with Gasteiger partial charge in [-0.25, -0.2) is 4.79 Å². The number of esters is 1. The molecule has 0 aromatic rings. The summed E-state index contributed by atoms with van der Waals surface area (Å²) in [6, 6.07) is 0. The van der Waals surface area contributed by atoms with E-state index in [2.05, 4.69) is 4.74 Å². The Bertz CT molecular complexity index is 248. The van der Waals surface area contributed by atoms with E-state index in [1.807, 2.05) is 0 Å². The van der Waals surface area contributed by atoms with Crippen molar-refractivity contribution in [1.29, 1.82) is 0 Å². The molecular formula is C7H15O7P. The Labute approximate surface area is 87.5 Å². The molecule has 2 unspecified atom stereocenters. The van der Waals surface area contributed by atoms with Crippen LogP contribution in [0.2, 0.25) is 0 Å². The fourth-order valence-corrected chi connectivity index (χ4v) is 1.54. The van der Waals surface area contributed by atoms with Crippen molar-refractivity contribution in [3.8, 4) is 0 Å². The molecule has 0 spiro atoms. The summed E-state index contributed by atoms with van der Waals surface area (Å²) in [6.07, 6.45) is -0.897. The van der Waals surface area contributed by atoms with Gasteiger partial charge in [-0.2, -0.15) is 0 Å². The Morgan fingerprint density at radius 3 is 2.33 bits per heavy atom. The normalized spacial score (nSPS) is 15.8. The van der Waals surface area contributed by atoms with Crippen molar-refractivity contribution in [3.05, 3.63) is 0 Å². The van der Waals surface area contributed by atoms with Crippen LogP contribution >= 0.6 is 7.60 Å². The molecule has 2 N–H and O–H groups in total. The summed E-state index contributed by atoms with van der Waals surface area (Å²) in [5.74, 6) is -3.07. The zero-order chi connectivity index (χ0) is 12.1. The van der Waals surface area contributed by atoms with Crippen molar-refractivity contribution >= 4 is 13.6 Å². The van der Waals surface area contributed by atoms with Gasteiger partial charge in [-0.3, -0.25) is 4.57 Å². The van der Waals surface area contributed by atoms with Crippen molar-refractivity contribution < 1.29 is 33.4 Å². The van der Waals surface area contributed by atoms with Gasteiger partial charge < -0.3 is 24.0 Å². The molecule has 0 aliphatic rings. The summed E-state index contributed by atoms with van der Waals surface area (Å²) >= 11 is 0. The molecule has 0 aromatic heterocycles. The van der Waals surface area contributed by atoms with E-state index in [9.17, 15) is 9.36 Å². The predicted octanol–water partition coefficient (Wildman–Crippen LogP) is 0.0623. The van der Waals surface area contributed by atoms with Gasteiger partial charge in [0.2, 0.25) is 0 Å². The topological polar surface area (TPSA) is 102 Å². The number of hydrogen-bond donors (Lipinski definition) is 2. The van der Waals surface area contributed by atoms with Crippen LogP contribution in [-0.2, 0) is 23.6 Å². The highest BCUT2D eigenvalue weighted by molar-refractivity contribution is 7.53. The quantitative estimate of drug-likeness (QED) is 0.385. The SMILES string of the molecule is CCOC(C)OC(C(=O)OC)P(=O)(O)O. The standard InChI is InChI=1S/C7H15O7P/c1-4-13-5(2)14-7(6(8)12-3)15(9,10)11/h5,7H,4H2,1-3H3,(H2,9,10,11). The maximum Gasteiger partial charge on any atom is 0.365 e. The molecule has 0 aromatic carbocycles. The zero-order valence-corrected chi connectivity index (χ0v) is 9.64. The molecule has 7 nitrogen and oxygen atoms in total. The van der Waals surface area contributed by atoms with E-state index in [1.165, 1.54) is 6.92 Å². The lowest BCUT2D eigenvalue weighted by molar-refractivity contribution is -0.174. The van der Waals surface area contributed by atoms with Gasteiger partial charge in [0.25, 0.3) is 5.85 Å². The van der Waals surface area contributed by atoms with Gasteiger partial charge >= 0.3 is 13.6 Å². The van der Waals surface area contributed by atoms with Gasteiger partial charge in [0, 0.05) is 6.61 Å². The molecular weight excluding hydrogens is 227 g/mol. The molecule has 8 heteroatoms. The molecule has 15 heavy (non-hydrogen) atoms. The first-order valence-electron chi connectivity index (χ1n) is 4.23. The molecule has 0 fully saturated rings. The molecule has 0 rings (SSSR count). The van der Waals surface area contributed by atoms with Crippen LogP contribution in [0.3, 0.4) is 0 Å². The van der Waals surface area contributed by atoms with Crippen LogP contribution in [0.25, 0.3) is 0 Å². The lowest BCUT2D eigenvalue weighted by Gasteiger charge is -2.20. The van der Waals surface area contributed by atoms with E-state index < -0.39 is 25.7 Å². The van der Waals surface area contributed by atoms with Crippen LogP contribution in [0.4, 0.5) is 0 Å². The average molecular weight is 242 g/mol. The largest absolute Gasteiger partial charge is 0.467 e. The van der Waals surface area contributed by atoms with Gasteiger partial charge in [-0.15, -0.1) is 0 Å². The first-order chi connectivity index (χ1) is 6.82. The van der Waals surface area contributed by atoms with E-state index in [1.54, 1.807) is 6.92 Å². The minimum Gasteiger partial charge on any atom is -0.467 e. The van der Waals surface area contributed by atoms with Crippen molar-refractivity contribution in [2.24, 2.45) is 0 Å². The number of rotatable bonds is 6. The van der Waals surface area contributed by atoms with E-state index in [4.69, 9.17) is 19.3 Å². The van der Waals surface area contributed by atoms with Gasteiger partial charge in [0.1, 0.15) is 0 Å². The zero-order valence-electron chi connectivity index (χ0n) is 8.74. The van der Waals surface area contributed by atoms with Gasteiger partial charge in [-0.1, -0.05) is 0 Å². The maximum absolute atomic E-state index is 11.0. The third-order valence-electron chi connectivity index (χ3n) is 1.43. The summed E-state index contributed by atoms with van der Waals surface area (Å²) in [4.78, 5) is 28.7. The second-order valence-electron chi connectivity index (χ2n) is 2.62. The minimum absolute atomic E-state index is 0.302. The summed E-state index contributed by atoms with van der Waals surface area (Å²) in [5, 5.41) is 0. The molecule has 0 saturated carbocycles. The number of methoxy groups -OCH3 is 1. The van der Waals surface area contributed by atoms with Crippen LogP contribution in [0.1, 0.15) is 13.8 Å². The lowest BCUT2D eigenvalue weighted by atomic mass is 10.6. The van der Waals surface area contributed by atoms with Crippen LogP contribution < -0.4 is 0 Å². The highest BCUT2D eigenvalue weighted by atomic mass is 31.2. The Morgan fingerprint density at radius 2 is 2.00 bits per heavy atom. The van der Waals surface area contributed by atoms with E-state index in [0.717, 1.165) is 7.11 Å². The Kier molecular flexibility index (Phi) is 6.00. The fraction of sp³-hybridized carbons (Fsp3) is 0.857. The summed E-state index contributed by atoms with van der Waals surface area (Å²) in [6.45, 7) is 3.41. The number of carbonyl (C=O) groups excluding carboxylic acids is 1. The van der Waals surface area contributed by atoms with Crippen molar-refractivity contribution in [3.63, 3.8) is 0 Å². The lowest BCUT2D eigenvalue weighted by Crippen LogP contribution is -2.30. The third-order valence-corrected chi connectivity index (χ3v) is 2.37. The highest BCUT2D eigenvalue weighted by Crippen LogP contribution is 2.42. The van der Waals surface area contributed by atoms with E-state index >= 15 is 0 Å². The first kappa shape index (κ1) is 14.5. The summed E-state index contributed by atoms with van der Waals surface area (Å²) < 4.78 is 24.7. The molecule has 0 aliphatic carbocycles. The van der Waals surface area contributed by atoms with Gasteiger partial charge in [-0.05, 0) is 13.8 Å². The van der Waals surface area contributed by atoms with Gasteiger partial charge in [0.15, 0.2) is 6.29 Å². The molecule has 0 amide bonds. The second kappa shape index (κ2) is 6.19. The molecule has 0 radical (unpaired) electrons. The predicted molar refractivity (Wildman–Crippen MR) is 50.0 cm³/mol. The van der Waals surface area contributed by atoms with Gasteiger partial charge in [0.05, 0.1) is 7.11 Å². The minimum atomic E-state index is -4.70. The van der Waals surface area contributed by atoms with Crippen LogP contribution in [0.5, 0.6) is 0 Å². The monoisotopic (exact) mass is 242 g/mol. The van der Waals surface area contributed by atoms with Crippen LogP contribution in [-0.4, -0.2) is 41.6 Å². The summed E-state index contributed by atoms with van der Waals surface area (Å²) in [5.41, 5.74) is 0. The van der Waals surface area contributed by atoms with E-state index in [-0.39, 0.29) is 0 Å². The number of carbonyl (C=O) groups is 1. The Morgan fingerprint density at radius 1 is 1.47 bits per heavy atom. The van der Waals surface area contributed by atoms with Crippen LogP contribution in [0.15, 0.2) is 0 Å². The van der Waals surface area contributed by atoms with Crippen LogP contribution in [0, 0.1) is 0 Å². The first-order valence-corrected chi connectivity index (χ1v) is 5.91. The molecule has 0 heterocycles. The Hall–Kier alpha value is -0.460. The number of ether oxygens (including phenoxy) is 3. The van der Waals surface area contributed by atoms with Crippen molar-refractivity contribution in [1.82, 2.24) is 0 Å². The third kappa shape index (κ3) is 5.25. The smallest absolute Gasteiger partial charge is 0.365 e. The second-order valence-corrected chi connectivity index (χ2v) is 4.27. The maximum atomic E-state index is 11.0. The number of hydrogen-bond acceptors (Lipinski definition) is 5. The van der Waals surface area contributed by atoms with Crippen molar-refractivity contribution in [2.75, 3.05) is 13.7 Å². The Balaban J connectivity index is 4.53. The molecule has 90 valence electrons. The molecule has 0 saturated heterocycles. The fourth-order valence-electron chi connectivity index (χ4n) is 0.828. The van der Waals surface area contributed by atoms with E-state index in [0.29, 0.717) is 6.61 Å². The van der Waals surface area contributed by atoms with Crippen molar-refractivity contribution in [2.45, 2.75) is 26.0 Å². The molecule has 2 atom stereocenters.